The quantitative estimate of drug-likeness (QED) is 0.00636. The third kappa shape index (κ3) is 33.0. The van der Waals surface area contributed by atoms with Crippen LogP contribution in [0.2, 0.25) is 0 Å². The molecule has 4 aliphatic rings. The fraction of sp³-hybridized carbons (Fsp3) is 0.663. The van der Waals surface area contributed by atoms with Gasteiger partial charge in [-0.3, -0.25) is 29.4 Å². The van der Waals surface area contributed by atoms with E-state index < -0.39 is 89.5 Å². The number of Topliss-reactive ketones (excluding diaryl/α,β-unsaturated/α-hetero) is 3. The molecule has 7 rings (SSSR count). The summed E-state index contributed by atoms with van der Waals surface area (Å²) in [5.41, 5.74) is 24.3. The average Bonchev–Trinajstić information content (AvgIpc) is 1.21. The molecule has 14 atom stereocenters. The number of nitrogen functional groups attached to an aromatic ring is 1. The van der Waals surface area contributed by atoms with Crippen LogP contribution in [-0.2, 0) is 80.9 Å². The van der Waals surface area contributed by atoms with Crippen molar-refractivity contribution >= 4 is 63.4 Å². The summed E-state index contributed by atoms with van der Waals surface area (Å²) < 4.78 is 64.1. The monoisotopic (exact) mass is 1670 g/mol. The van der Waals surface area contributed by atoms with Crippen molar-refractivity contribution in [2.24, 2.45) is 34.5 Å². The fourth-order valence-electron chi connectivity index (χ4n) is 15.1. The predicted molar refractivity (Wildman–Crippen MR) is 446 cm³/mol. The van der Waals surface area contributed by atoms with E-state index in [0.29, 0.717) is 199 Å². The number of unbranched alkanes of at least 4 members (excludes halogenated alkanes) is 2. The normalized spacial score (nSPS) is 26.8. The molecule has 662 valence electrons. The molecule has 0 radical (unpaired) electrons. The molecule has 3 fully saturated rings. The number of ether oxygens (including phenoxy) is 11. The maximum absolute atomic E-state index is 14.6. The molecule has 1 unspecified atom stereocenters. The molecule has 3 aliphatic heterocycles. The van der Waals surface area contributed by atoms with Gasteiger partial charge in [-0.15, -0.1) is 0 Å². The second-order valence-corrected chi connectivity index (χ2v) is 31.3. The number of esters is 1. The highest BCUT2D eigenvalue weighted by Gasteiger charge is 2.50. The van der Waals surface area contributed by atoms with Gasteiger partial charge in [0, 0.05) is 108 Å². The van der Waals surface area contributed by atoms with E-state index in [2.05, 4.69) is 36.0 Å². The molecule has 3 aromatic rings. The number of hydrogen-bond donors (Lipinski definition) is 12. The number of aliphatic hydroxyl groups excluding tert-OH is 2. The van der Waals surface area contributed by atoms with Crippen molar-refractivity contribution in [3.63, 3.8) is 0 Å². The van der Waals surface area contributed by atoms with Crippen molar-refractivity contribution in [3.8, 4) is 5.75 Å². The highest BCUT2D eigenvalue weighted by atomic mass is 16.6. The molecule has 2 amide bonds. The number of methoxy groups -OCH3 is 2. The Balaban J connectivity index is 0.728. The van der Waals surface area contributed by atoms with Crippen molar-refractivity contribution in [1.82, 2.24) is 30.5 Å². The van der Waals surface area contributed by atoms with Gasteiger partial charge < -0.3 is 110 Å². The predicted octanol–water partition coefficient (Wildman–Crippen LogP) is 8.10. The number of benzene rings is 1. The van der Waals surface area contributed by atoms with Gasteiger partial charge in [0.2, 0.25) is 11.7 Å². The Hall–Kier alpha value is -8.13. The van der Waals surface area contributed by atoms with Crippen LogP contribution in [0.4, 0.5) is 11.6 Å². The van der Waals surface area contributed by atoms with Crippen molar-refractivity contribution in [2.75, 3.05) is 137 Å². The van der Waals surface area contributed by atoms with E-state index in [1.54, 1.807) is 58.5 Å². The van der Waals surface area contributed by atoms with Crippen LogP contribution in [0, 0.1) is 34.6 Å². The number of phenolic OH excluding ortho intramolecular Hbond substituents is 1. The van der Waals surface area contributed by atoms with Crippen LogP contribution in [0.3, 0.4) is 0 Å². The Morgan fingerprint density at radius 2 is 1.47 bits per heavy atom. The number of anilines is 2. The molecule has 33 heteroatoms. The first-order chi connectivity index (χ1) is 57.3. The van der Waals surface area contributed by atoms with Gasteiger partial charge in [0.05, 0.1) is 126 Å². The highest BCUT2D eigenvalue weighted by Crippen LogP contribution is 2.36. The average molecular weight is 1670 g/mol. The van der Waals surface area contributed by atoms with Crippen LogP contribution in [0.5, 0.6) is 5.75 Å². The molecule has 1 aromatic carbocycles. The van der Waals surface area contributed by atoms with Crippen molar-refractivity contribution in [1.29, 1.82) is 10.9 Å². The van der Waals surface area contributed by atoms with Gasteiger partial charge >= 0.3 is 5.97 Å². The van der Waals surface area contributed by atoms with E-state index in [9.17, 15) is 49.2 Å². The van der Waals surface area contributed by atoms with E-state index in [0.717, 1.165) is 34.2 Å². The number of aromatic hydroxyl groups is 1. The lowest BCUT2D eigenvalue weighted by Gasteiger charge is -2.40. The number of nitrogens with two attached hydrogens (primary N) is 2. The number of ketones is 3. The summed E-state index contributed by atoms with van der Waals surface area (Å²) >= 11 is 0. The van der Waals surface area contributed by atoms with Gasteiger partial charge in [-0.1, -0.05) is 57.2 Å². The SMILES string of the molecule is CO[C@H]1C[C@@H]2CCC[C@@](O)(O2)C(=O)C(=O)N2CCCC[C@H]2C(=O)OC([C@H](N)C[C@@H]2CC[C@@H](OCCCC/C(=C/NCCOCCOCCOCCOCCOCCOCCC(=O)NCCCCNc3ncnc(N)c3C(=N)c3cc4cc(O)ccc4[nH]3)N=N)[C@H](OC)C2)CC(=O)[C@H](C)/C=C(\C)[C@@H](O)[C@@H](O)C(=O)[C@H](C)C[C@H](C)/C=C/C=C/C=C/1C. The number of piperidine rings is 1. The van der Waals surface area contributed by atoms with Crippen molar-refractivity contribution in [3.05, 3.63) is 101 Å². The lowest BCUT2D eigenvalue weighted by molar-refractivity contribution is -0.245. The number of phenols is 1. The molecule has 14 N–H and O–H groups in total. The van der Waals surface area contributed by atoms with E-state index >= 15 is 0 Å². The number of cyclic esters (lactones) is 1. The summed E-state index contributed by atoms with van der Waals surface area (Å²) in [6.45, 7) is 15.3. The topological polar surface area (TPSA) is 478 Å². The van der Waals surface area contributed by atoms with E-state index in [1.165, 1.54) is 19.3 Å². The standard InChI is InChI=1S/C86H132N12O21/c1-56-18-9-8-10-19-57(2)72(109-6)52-65-21-17-28-86(108,119-65)81(105)84(106)98-32-15-11-22-69(98)85(107)118-73(53-70(100)58(3)47-60(5)79(103)80(104)78(102)59(4)46-56)66(87)48-61-23-26-71(74(49-61)110-7)117-33-16-12-20-63(97-90)54-91-31-35-112-37-39-114-41-43-116-45-44-115-42-40-113-38-36-111-34-27-75(101)92-29-13-14-30-93-83-76(82(89)94-55-95-83)77(88)68-51-62-50-64(99)24-25-67(62)96-68/h8-10,18-19,24-25,47,50-51,54-56,58-59,61,65-66,69,71-74,79-80,88,90-91,96,99,103-104,108H,11-17,20-23,26-46,48-49,52-53,87H2,1-7H3,(H,92,101)(H3,89,93,94,95)/b10-8+,18-9+,57-19+,60-47+,63-54-,88-77?,97-90?/t56-,58-,59-,61+,65+,66-,69+,71-,72+,73?,74-,79-,80+,86-/m1/s1. The van der Waals surface area contributed by atoms with Gasteiger partial charge in [0.15, 0.2) is 5.78 Å². The molecule has 2 bridgehead atoms. The number of amides is 2. The molecular weight excluding hydrogens is 1540 g/mol. The van der Waals surface area contributed by atoms with Gasteiger partial charge in [0.25, 0.3) is 11.7 Å². The number of carbonyl (C=O) groups excluding carboxylic acids is 6. The molecule has 2 saturated heterocycles. The summed E-state index contributed by atoms with van der Waals surface area (Å²) in [5, 5.41) is 66.7. The first kappa shape index (κ1) is 98.0. The zero-order valence-corrected chi connectivity index (χ0v) is 70.6. The summed E-state index contributed by atoms with van der Waals surface area (Å²) in [4.78, 5) is 96.1. The highest BCUT2D eigenvalue weighted by molar-refractivity contribution is 6.39. The van der Waals surface area contributed by atoms with Crippen LogP contribution in [0.1, 0.15) is 168 Å². The van der Waals surface area contributed by atoms with Gasteiger partial charge in [-0.05, 0) is 157 Å². The number of nitrogens with one attached hydrogen (secondary N) is 6. The fourth-order valence-corrected chi connectivity index (χ4v) is 15.1. The number of rotatable bonds is 42. The summed E-state index contributed by atoms with van der Waals surface area (Å²) in [6, 6.07) is 4.55. The first-order valence-electron chi connectivity index (χ1n) is 42.1. The Morgan fingerprint density at radius 1 is 0.773 bits per heavy atom. The number of aliphatic hydroxyl groups is 3. The minimum atomic E-state index is -2.45. The van der Waals surface area contributed by atoms with E-state index in [1.807, 2.05) is 44.2 Å². The minimum Gasteiger partial charge on any atom is -0.508 e. The summed E-state index contributed by atoms with van der Waals surface area (Å²) in [6.07, 6.45) is 15.7. The number of nitrogens with zero attached hydrogens (tertiary/aromatic N) is 4. The van der Waals surface area contributed by atoms with Crippen LogP contribution in [0.15, 0.2) is 95.2 Å². The Morgan fingerprint density at radius 3 is 2.17 bits per heavy atom. The number of H-pyrrole nitrogens is 1. The summed E-state index contributed by atoms with van der Waals surface area (Å²) in [5.74, 6) is -7.54. The number of hydrogen-bond acceptors (Lipinski definition) is 30. The number of carbonyl (C=O) groups is 6. The number of fused-ring (bicyclic) bond motifs is 4. The lowest BCUT2D eigenvalue weighted by Crippen LogP contribution is -2.58. The first-order valence-corrected chi connectivity index (χ1v) is 42.1. The van der Waals surface area contributed by atoms with Crippen LogP contribution in [-0.4, -0.2) is 268 Å². The van der Waals surface area contributed by atoms with E-state index in [-0.39, 0.29) is 98.1 Å². The molecule has 0 spiro atoms. The van der Waals surface area contributed by atoms with Crippen LogP contribution >= 0.6 is 0 Å². The smallest absolute Gasteiger partial charge is 0.329 e. The third-order valence-corrected chi connectivity index (χ3v) is 22.0. The Kier molecular flexibility index (Phi) is 43.6. The molecule has 119 heavy (non-hydrogen) atoms. The van der Waals surface area contributed by atoms with Crippen molar-refractivity contribution in [2.45, 2.75) is 217 Å². The van der Waals surface area contributed by atoms with E-state index in [4.69, 9.17) is 74.5 Å². The van der Waals surface area contributed by atoms with Crippen molar-refractivity contribution < 1.29 is 101 Å². The molecule has 2 aromatic heterocycles. The van der Waals surface area contributed by atoms with Crippen LogP contribution < -0.4 is 27.4 Å². The molecular formula is C86H132N12O21. The second kappa shape index (κ2) is 52.9. The maximum Gasteiger partial charge on any atom is 0.329 e. The zero-order valence-electron chi connectivity index (χ0n) is 70.6. The van der Waals surface area contributed by atoms with Gasteiger partial charge in [-0.2, -0.15) is 5.11 Å². The molecule has 1 aliphatic carbocycles. The third-order valence-electron chi connectivity index (χ3n) is 22.0. The number of allylic oxidation sites excluding steroid dienone is 7. The minimum absolute atomic E-state index is 0.0243. The zero-order chi connectivity index (χ0) is 86.1. The largest absolute Gasteiger partial charge is 0.508 e. The van der Waals surface area contributed by atoms with Gasteiger partial charge in [-0.25, -0.2) is 20.3 Å². The molecule has 33 nitrogen and oxygen atoms in total. The molecule has 5 heterocycles. The number of aromatic amines is 1. The Bertz CT molecular complexity index is 3840. The second-order valence-electron chi connectivity index (χ2n) is 31.3. The lowest BCUT2D eigenvalue weighted by atomic mass is 9.80. The number of aromatic nitrogens is 3. The maximum atomic E-state index is 14.6. The van der Waals surface area contributed by atoms with Crippen LogP contribution in [0.25, 0.3) is 10.9 Å². The Labute approximate surface area is 699 Å². The summed E-state index contributed by atoms with van der Waals surface area (Å²) in [7, 11) is 3.18. The van der Waals surface area contributed by atoms with Gasteiger partial charge in [0.1, 0.15) is 53.8 Å². The molecule has 1 saturated carbocycles.